The van der Waals surface area contributed by atoms with E-state index in [0.717, 1.165) is 6.42 Å². The molecule has 92 valence electrons. The molecular formula is C11H24O4. The van der Waals surface area contributed by atoms with Gasteiger partial charge in [-0.1, -0.05) is 6.92 Å². The zero-order valence-corrected chi connectivity index (χ0v) is 10.5. The highest BCUT2D eigenvalue weighted by Gasteiger charge is 2.15. The molecule has 0 aliphatic rings. The molecule has 4 nitrogen and oxygen atoms in total. The van der Waals surface area contributed by atoms with Crippen LogP contribution < -0.4 is 0 Å². The molecule has 4 heteroatoms. The van der Waals surface area contributed by atoms with Crippen LogP contribution in [0.25, 0.3) is 0 Å². The maximum absolute atomic E-state index is 5.65. The summed E-state index contributed by atoms with van der Waals surface area (Å²) in [4.78, 5) is 0. The molecule has 0 saturated heterocycles. The van der Waals surface area contributed by atoms with E-state index in [4.69, 9.17) is 18.9 Å². The molecular weight excluding hydrogens is 196 g/mol. The second-order valence-corrected chi connectivity index (χ2v) is 3.64. The second-order valence-electron chi connectivity index (χ2n) is 3.64. The van der Waals surface area contributed by atoms with Gasteiger partial charge >= 0.3 is 0 Å². The molecule has 0 aliphatic carbocycles. The second kappa shape index (κ2) is 9.09. The lowest BCUT2D eigenvalue weighted by atomic mass is 10.4. The number of ether oxygens (including phenoxy) is 4. The number of hydrogen-bond donors (Lipinski definition) is 0. The standard InChI is InChI=1S/C11H24O4/c1-6-11(14-9(2)7-12-4)15-10(3)8-13-5/h9-11H,6-8H2,1-5H3. The first-order chi connectivity index (χ1) is 7.13. The fraction of sp³-hybridized carbons (Fsp3) is 1.00. The van der Waals surface area contributed by atoms with Gasteiger partial charge < -0.3 is 18.9 Å². The van der Waals surface area contributed by atoms with E-state index in [2.05, 4.69) is 0 Å². The third-order valence-electron chi connectivity index (χ3n) is 1.90. The Bertz CT molecular complexity index is 127. The quantitative estimate of drug-likeness (QED) is 0.555. The lowest BCUT2D eigenvalue weighted by molar-refractivity contribution is -0.202. The summed E-state index contributed by atoms with van der Waals surface area (Å²) >= 11 is 0. The Morgan fingerprint density at radius 3 is 1.53 bits per heavy atom. The molecule has 0 saturated carbocycles. The molecule has 0 aromatic carbocycles. The van der Waals surface area contributed by atoms with Crippen LogP contribution in [0.3, 0.4) is 0 Å². The Labute approximate surface area is 92.8 Å². The minimum atomic E-state index is -0.180. The molecule has 0 spiro atoms. The predicted molar refractivity (Wildman–Crippen MR) is 58.9 cm³/mol. The molecule has 0 heterocycles. The smallest absolute Gasteiger partial charge is 0.158 e. The molecule has 0 aromatic heterocycles. The Morgan fingerprint density at radius 1 is 0.867 bits per heavy atom. The van der Waals surface area contributed by atoms with Crippen LogP contribution in [0, 0.1) is 0 Å². The molecule has 0 fully saturated rings. The van der Waals surface area contributed by atoms with Gasteiger partial charge in [0.05, 0.1) is 25.4 Å². The van der Waals surface area contributed by atoms with Crippen LogP contribution >= 0.6 is 0 Å². The highest BCUT2D eigenvalue weighted by atomic mass is 16.7. The Hall–Kier alpha value is -0.160. The fourth-order valence-electron chi connectivity index (χ4n) is 1.29. The van der Waals surface area contributed by atoms with Crippen LogP contribution in [0.4, 0.5) is 0 Å². The summed E-state index contributed by atoms with van der Waals surface area (Å²) in [6.07, 6.45) is 0.743. The normalized spacial score (nSPS) is 17.4. The number of methoxy groups -OCH3 is 2. The first-order valence-electron chi connectivity index (χ1n) is 5.42. The van der Waals surface area contributed by atoms with Gasteiger partial charge in [0.25, 0.3) is 0 Å². The van der Waals surface area contributed by atoms with Crippen molar-refractivity contribution in [1.82, 2.24) is 0 Å². The van der Waals surface area contributed by atoms with E-state index in [1.807, 2.05) is 20.8 Å². The summed E-state index contributed by atoms with van der Waals surface area (Å²) in [6, 6.07) is 0. The first-order valence-corrected chi connectivity index (χ1v) is 5.42. The monoisotopic (exact) mass is 220 g/mol. The van der Waals surface area contributed by atoms with Crippen LogP contribution in [0.1, 0.15) is 27.2 Å². The van der Waals surface area contributed by atoms with Crippen molar-refractivity contribution in [3.8, 4) is 0 Å². The minimum absolute atomic E-state index is 0.0506. The zero-order valence-electron chi connectivity index (χ0n) is 10.5. The minimum Gasteiger partial charge on any atom is -0.382 e. The van der Waals surface area contributed by atoms with E-state index in [-0.39, 0.29) is 18.5 Å². The molecule has 0 aliphatic heterocycles. The summed E-state index contributed by atoms with van der Waals surface area (Å²) in [5.41, 5.74) is 0. The highest BCUT2D eigenvalue weighted by molar-refractivity contribution is 4.53. The molecule has 2 unspecified atom stereocenters. The van der Waals surface area contributed by atoms with Crippen molar-refractivity contribution in [1.29, 1.82) is 0 Å². The van der Waals surface area contributed by atoms with Crippen molar-refractivity contribution in [3.63, 3.8) is 0 Å². The van der Waals surface area contributed by atoms with Crippen LogP contribution in [0.5, 0.6) is 0 Å². The molecule has 0 aromatic rings. The van der Waals surface area contributed by atoms with E-state index >= 15 is 0 Å². The molecule has 0 N–H and O–H groups in total. The van der Waals surface area contributed by atoms with Crippen molar-refractivity contribution in [2.75, 3.05) is 27.4 Å². The zero-order chi connectivity index (χ0) is 11.7. The van der Waals surface area contributed by atoms with Gasteiger partial charge in [-0.3, -0.25) is 0 Å². The van der Waals surface area contributed by atoms with Crippen molar-refractivity contribution in [3.05, 3.63) is 0 Å². The number of hydrogen-bond acceptors (Lipinski definition) is 4. The van der Waals surface area contributed by atoms with Gasteiger partial charge in [0.15, 0.2) is 6.29 Å². The first kappa shape index (κ1) is 14.8. The maximum Gasteiger partial charge on any atom is 0.158 e. The van der Waals surface area contributed by atoms with Crippen LogP contribution in [-0.4, -0.2) is 45.9 Å². The maximum atomic E-state index is 5.65. The van der Waals surface area contributed by atoms with Crippen LogP contribution in [-0.2, 0) is 18.9 Å². The van der Waals surface area contributed by atoms with Crippen molar-refractivity contribution in [2.24, 2.45) is 0 Å². The summed E-state index contributed by atoms with van der Waals surface area (Å²) in [7, 11) is 3.32. The van der Waals surface area contributed by atoms with E-state index in [0.29, 0.717) is 13.2 Å². The lowest BCUT2D eigenvalue weighted by Gasteiger charge is -2.24. The Balaban J connectivity index is 3.80. The van der Waals surface area contributed by atoms with Crippen molar-refractivity contribution >= 4 is 0 Å². The summed E-state index contributed by atoms with van der Waals surface area (Å²) in [6.45, 7) is 7.13. The Morgan fingerprint density at radius 2 is 1.27 bits per heavy atom. The van der Waals surface area contributed by atoms with Gasteiger partial charge in [0.2, 0.25) is 0 Å². The SMILES string of the molecule is CCC(OC(C)COC)OC(C)COC. The highest BCUT2D eigenvalue weighted by Crippen LogP contribution is 2.08. The third kappa shape index (κ3) is 7.73. The van der Waals surface area contributed by atoms with Gasteiger partial charge in [-0.05, 0) is 20.3 Å². The van der Waals surface area contributed by atoms with E-state index in [1.54, 1.807) is 14.2 Å². The van der Waals surface area contributed by atoms with Crippen LogP contribution in [0.2, 0.25) is 0 Å². The average molecular weight is 220 g/mol. The van der Waals surface area contributed by atoms with Crippen LogP contribution in [0.15, 0.2) is 0 Å². The van der Waals surface area contributed by atoms with E-state index in [1.165, 1.54) is 0 Å². The summed E-state index contributed by atoms with van der Waals surface area (Å²) < 4.78 is 21.3. The summed E-state index contributed by atoms with van der Waals surface area (Å²) in [5.74, 6) is 0. The molecule has 0 bridgehead atoms. The summed E-state index contributed by atoms with van der Waals surface area (Å²) in [5, 5.41) is 0. The Kier molecular flexibility index (Phi) is 9.00. The third-order valence-corrected chi connectivity index (χ3v) is 1.90. The molecule has 0 radical (unpaired) electrons. The molecule has 15 heavy (non-hydrogen) atoms. The van der Waals surface area contributed by atoms with Gasteiger partial charge in [-0.2, -0.15) is 0 Å². The largest absolute Gasteiger partial charge is 0.382 e. The van der Waals surface area contributed by atoms with E-state index < -0.39 is 0 Å². The molecule has 0 amide bonds. The van der Waals surface area contributed by atoms with Gasteiger partial charge in [0, 0.05) is 14.2 Å². The number of rotatable bonds is 9. The van der Waals surface area contributed by atoms with Gasteiger partial charge in [-0.25, -0.2) is 0 Å². The molecule has 0 rings (SSSR count). The topological polar surface area (TPSA) is 36.9 Å². The van der Waals surface area contributed by atoms with Gasteiger partial charge in [-0.15, -0.1) is 0 Å². The predicted octanol–water partition coefficient (Wildman–Crippen LogP) is 1.83. The fourth-order valence-corrected chi connectivity index (χ4v) is 1.29. The van der Waals surface area contributed by atoms with Crippen molar-refractivity contribution in [2.45, 2.75) is 45.7 Å². The molecule has 2 atom stereocenters. The lowest BCUT2D eigenvalue weighted by Crippen LogP contribution is -2.29. The van der Waals surface area contributed by atoms with Crippen molar-refractivity contribution < 1.29 is 18.9 Å². The average Bonchev–Trinajstić information content (AvgIpc) is 2.17. The van der Waals surface area contributed by atoms with Gasteiger partial charge in [0.1, 0.15) is 0 Å². The van der Waals surface area contributed by atoms with E-state index in [9.17, 15) is 0 Å².